The van der Waals surface area contributed by atoms with E-state index in [-0.39, 0.29) is 6.03 Å². The summed E-state index contributed by atoms with van der Waals surface area (Å²) in [6.07, 6.45) is 3.48. The van der Waals surface area contributed by atoms with Crippen LogP contribution in [0.15, 0.2) is 59.2 Å². The number of amides is 2. The molecule has 0 heterocycles. The molecule has 2 rings (SSSR count). The van der Waals surface area contributed by atoms with Crippen LogP contribution in [-0.2, 0) is 0 Å². The Labute approximate surface area is 139 Å². The Kier molecular flexibility index (Phi) is 5.78. The third-order valence-electron chi connectivity index (χ3n) is 3.19. The van der Waals surface area contributed by atoms with Gasteiger partial charge in [0.1, 0.15) is 0 Å². The lowest BCUT2D eigenvalue weighted by atomic mass is 10.0. The Morgan fingerprint density at radius 2 is 1.77 bits per heavy atom. The maximum absolute atomic E-state index is 12.0. The highest BCUT2D eigenvalue weighted by Gasteiger charge is 2.07. The fourth-order valence-electron chi connectivity index (χ4n) is 2.06. The molecule has 0 spiro atoms. The number of para-hydroxylation sites is 1. The van der Waals surface area contributed by atoms with Gasteiger partial charge in [-0.15, -0.1) is 0 Å². The molecule has 0 bridgehead atoms. The Morgan fingerprint density at radius 1 is 1.09 bits per heavy atom. The summed E-state index contributed by atoms with van der Waals surface area (Å²) in [6.45, 7) is 4.21. The van der Waals surface area contributed by atoms with Gasteiger partial charge in [-0.1, -0.05) is 60.1 Å². The molecule has 0 saturated heterocycles. The second-order valence-electron chi connectivity index (χ2n) is 5.23. The minimum Gasteiger partial charge on any atom is -0.314 e. The van der Waals surface area contributed by atoms with Crippen LogP contribution in [0.1, 0.15) is 30.9 Å². The van der Waals surface area contributed by atoms with Crippen molar-refractivity contribution in [3.63, 3.8) is 0 Å². The number of nitrogens with one attached hydrogen (secondary N) is 2. The van der Waals surface area contributed by atoms with Gasteiger partial charge in [-0.3, -0.25) is 0 Å². The smallest absolute Gasteiger partial charge is 0.314 e. The van der Waals surface area contributed by atoms with Crippen LogP contribution in [0.5, 0.6) is 0 Å². The van der Waals surface area contributed by atoms with Gasteiger partial charge in [-0.2, -0.15) is 0 Å². The number of urea groups is 1. The Bertz CT molecular complexity index is 663. The number of anilines is 1. The molecule has 2 N–H and O–H groups in total. The van der Waals surface area contributed by atoms with Gasteiger partial charge < -0.3 is 10.6 Å². The number of carbonyl (C=O) groups excluding carboxylic acids is 1. The molecular formula is C18H19BrN2O. The van der Waals surface area contributed by atoms with Crippen molar-refractivity contribution in [1.82, 2.24) is 5.32 Å². The van der Waals surface area contributed by atoms with E-state index in [9.17, 15) is 4.79 Å². The molecular weight excluding hydrogens is 340 g/mol. The summed E-state index contributed by atoms with van der Waals surface area (Å²) in [5.74, 6) is 0.356. The molecule has 0 aromatic heterocycles. The molecule has 0 saturated carbocycles. The molecule has 0 unspecified atom stereocenters. The number of benzene rings is 2. The van der Waals surface area contributed by atoms with E-state index in [1.807, 2.05) is 54.6 Å². The number of hydrogen-bond acceptors (Lipinski definition) is 1. The minimum absolute atomic E-state index is 0.249. The normalized spacial score (nSPS) is 10.9. The quantitative estimate of drug-likeness (QED) is 0.758. The standard InChI is InChI=1S/C18H19BrN2O/c1-13(2)16-5-3-4-6-17(16)21-18(22)20-12-11-14-7-9-15(19)10-8-14/h3-13H,1-2H3,(H2,20,21,22)/b12-11+. The second kappa shape index (κ2) is 7.80. The van der Waals surface area contributed by atoms with Gasteiger partial charge in [0.15, 0.2) is 0 Å². The predicted octanol–water partition coefficient (Wildman–Crippen LogP) is 5.36. The molecule has 0 atom stereocenters. The van der Waals surface area contributed by atoms with E-state index in [1.165, 1.54) is 0 Å². The highest BCUT2D eigenvalue weighted by molar-refractivity contribution is 9.10. The van der Waals surface area contributed by atoms with E-state index < -0.39 is 0 Å². The summed E-state index contributed by atoms with van der Waals surface area (Å²) >= 11 is 3.39. The molecule has 0 radical (unpaired) electrons. The molecule has 2 aromatic carbocycles. The molecule has 0 aliphatic carbocycles. The zero-order valence-corrected chi connectivity index (χ0v) is 14.2. The van der Waals surface area contributed by atoms with Crippen LogP contribution in [0.3, 0.4) is 0 Å². The van der Waals surface area contributed by atoms with Crippen molar-refractivity contribution >= 4 is 33.7 Å². The van der Waals surface area contributed by atoms with E-state index in [0.29, 0.717) is 5.92 Å². The monoisotopic (exact) mass is 358 g/mol. The summed E-state index contributed by atoms with van der Waals surface area (Å²) in [6, 6.07) is 15.4. The van der Waals surface area contributed by atoms with Gasteiger partial charge in [0.05, 0.1) is 0 Å². The van der Waals surface area contributed by atoms with Crippen LogP contribution >= 0.6 is 15.9 Å². The first kappa shape index (κ1) is 16.3. The van der Waals surface area contributed by atoms with Crippen LogP contribution in [0.25, 0.3) is 6.08 Å². The zero-order valence-electron chi connectivity index (χ0n) is 12.6. The number of hydrogen-bond donors (Lipinski definition) is 2. The van der Waals surface area contributed by atoms with Crippen LogP contribution in [-0.4, -0.2) is 6.03 Å². The largest absolute Gasteiger partial charge is 0.323 e. The van der Waals surface area contributed by atoms with Crippen molar-refractivity contribution < 1.29 is 4.79 Å². The Hall–Kier alpha value is -2.07. The van der Waals surface area contributed by atoms with Crippen molar-refractivity contribution in [2.75, 3.05) is 5.32 Å². The summed E-state index contributed by atoms with van der Waals surface area (Å²) in [4.78, 5) is 12.0. The molecule has 2 aromatic rings. The highest BCUT2D eigenvalue weighted by Crippen LogP contribution is 2.23. The van der Waals surface area contributed by atoms with Gasteiger partial charge in [0.25, 0.3) is 0 Å². The van der Waals surface area contributed by atoms with Gasteiger partial charge in [-0.05, 0) is 41.3 Å². The number of carbonyl (C=O) groups is 1. The first-order valence-corrected chi connectivity index (χ1v) is 7.94. The summed E-state index contributed by atoms with van der Waals surface area (Å²) in [7, 11) is 0. The highest BCUT2D eigenvalue weighted by atomic mass is 79.9. The predicted molar refractivity (Wildman–Crippen MR) is 95.9 cm³/mol. The Morgan fingerprint density at radius 3 is 2.45 bits per heavy atom. The van der Waals surface area contributed by atoms with E-state index in [2.05, 4.69) is 40.4 Å². The lowest BCUT2D eigenvalue weighted by Crippen LogP contribution is -2.24. The third-order valence-corrected chi connectivity index (χ3v) is 3.72. The molecule has 0 aliphatic heterocycles. The van der Waals surface area contributed by atoms with E-state index in [4.69, 9.17) is 0 Å². The molecule has 114 valence electrons. The Balaban J connectivity index is 1.95. The van der Waals surface area contributed by atoms with Crippen LogP contribution in [0.2, 0.25) is 0 Å². The SMILES string of the molecule is CC(C)c1ccccc1NC(=O)N/C=C/c1ccc(Br)cc1. The maximum atomic E-state index is 12.0. The third kappa shape index (κ3) is 4.74. The number of halogens is 1. The van der Waals surface area contributed by atoms with E-state index in [1.54, 1.807) is 6.20 Å². The summed E-state index contributed by atoms with van der Waals surface area (Å²) < 4.78 is 1.03. The lowest BCUT2D eigenvalue weighted by molar-refractivity contribution is 0.255. The van der Waals surface area contributed by atoms with Crippen LogP contribution in [0.4, 0.5) is 10.5 Å². The average Bonchev–Trinajstić information content (AvgIpc) is 2.49. The topological polar surface area (TPSA) is 41.1 Å². The van der Waals surface area contributed by atoms with Crippen molar-refractivity contribution in [3.8, 4) is 0 Å². The summed E-state index contributed by atoms with van der Waals surface area (Å²) in [5.41, 5.74) is 2.98. The first-order chi connectivity index (χ1) is 10.6. The molecule has 2 amide bonds. The summed E-state index contributed by atoms with van der Waals surface area (Å²) in [5, 5.41) is 5.60. The fourth-order valence-corrected chi connectivity index (χ4v) is 2.32. The van der Waals surface area contributed by atoms with Crippen molar-refractivity contribution in [2.45, 2.75) is 19.8 Å². The van der Waals surface area contributed by atoms with Crippen molar-refractivity contribution in [2.24, 2.45) is 0 Å². The van der Waals surface area contributed by atoms with Crippen LogP contribution < -0.4 is 10.6 Å². The molecule has 4 heteroatoms. The first-order valence-electron chi connectivity index (χ1n) is 7.15. The minimum atomic E-state index is -0.249. The van der Waals surface area contributed by atoms with Crippen molar-refractivity contribution in [3.05, 3.63) is 70.3 Å². The van der Waals surface area contributed by atoms with Crippen LogP contribution in [0, 0.1) is 0 Å². The molecule has 0 aliphatic rings. The van der Waals surface area contributed by atoms with E-state index in [0.717, 1.165) is 21.3 Å². The number of rotatable bonds is 4. The van der Waals surface area contributed by atoms with Crippen molar-refractivity contribution in [1.29, 1.82) is 0 Å². The average molecular weight is 359 g/mol. The van der Waals surface area contributed by atoms with Gasteiger partial charge in [0, 0.05) is 16.4 Å². The second-order valence-corrected chi connectivity index (χ2v) is 6.14. The molecule has 3 nitrogen and oxygen atoms in total. The molecule has 22 heavy (non-hydrogen) atoms. The maximum Gasteiger partial charge on any atom is 0.323 e. The molecule has 0 fully saturated rings. The van der Waals surface area contributed by atoms with Gasteiger partial charge >= 0.3 is 6.03 Å². The fraction of sp³-hybridized carbons (Fsp3) is 0.167. The zero-order chi connectivity index (χ0) is 15.9. The van der Waals surface area contributed by atoms with Gasteiger partial charge in [0.2, 0.25) is 0 Å². The van der Waals surface area contributed by atoms with Gasteiger partial charge in [-0.25, -0.2) is 4.79 Å². The lowest BCUT2D eigenvalue weighted by Gasteiger charge is -2.13. The van der Waals surface area contributed by atoms with E-state index >= 15 is 0 Å².